The lowest BCUT2D eigenvalue weighted by atomic mass is 10.0. The largest absolute Gasteiger partial charge is 0.547 e. The Morgan fingerprint density at radius 3 is 1.11 bits per heavy atom. The van der Waals surface area contributed by atoms with Gasteiger partial charge in [0.2, 0.25) is 5.30 Å². The van der Waals surface area contributed by atoms with Crippen molar-refractivity contribution in [2.24, 2.45) is 0 Å². The summed E-state index contributed by atoms with van der Waals surface area (Å²) in [5.41, 5.74) is -4.47. The number of carbonyl (C=O) groups is 6. The Bertz CT molecular complexity index is 1230. The molecule has 16 nitrogen and oxygen atoms in total. The number of carboxylic acids is 6. The van der Waals surface area contributed by atoms with Gasteiger partial charge in [0.15, 0.2) is 0 Å². The molecule has 0 aromatic heterocycles. The average Bonchev–Trinajstić information content (AvgIpc) is 2.76. The van der Waals surface area contributed by atoms with Crippen LogP contribution in [0, 0.1) is 0 Å². The first-order valence-corrected chi connectivity index (χ1v) is 11.0. The summed E-state index contributed by atoms with van der Waals surface area (Å²) >= 11 is 0. The summed E-state index contributed by atoms with van der Waals surface area (Å²) in [6.07, 6.45) is 0. The molecule has 18 heteroatoms. The van der Waals surface area contributed by atoms with E-state index in [4.69, 9.17) is 40.4 Å². The Balaban J connectivity index is 0.000000360. The Morgan fingerprint density at radius 2 is 0.833 bits per heavy atom. The number of hydrogen-bond acceptors (Lipinski definition) is 8. The van der Waals surface area contributed by atoms with Crippen LogP contribution >= 0.6 is 16.1 Å². The Kier molecular flexibility index (Phi) is 9.54. The first-order chi connectivity index (χ1) is 16.5. The summed E-state index contributed by atoms with van der Waals surface area (Å²) in [5.74, 6) is -9.82. The van der Waals surface area contributed by atoms with Gasteiger partial charge in [-0.05, 0) is 27.3 Å². The molecule has 0 aliphatic rings. The number of hydrogen-bond donors (Lipinski definition) is 8. The lowest BCUT2D eigenvalue weighted by Crippen LogP contribution is -2.21. The molecule has 0 heterocycles. The molecule has 2 atom stereocenters. The van der Waals surface area contributed by atoms with E-state index in [9.17, 15) is 37.9 Å². The van der Waals surface area contributed by atoms with Gasteiger partial charge >= 0.3 is 51.9 Å². The molecule has 36 heavy (non-hydrogen) atoms. The monoisotopic (exact) mass is 546 g/mol. The van der Waals surface area contributed by atoms with E-state index in [1.807, 2.05) is 0 Å². The minimum absolute atomic E-state index is 0.549. The Hall–Kier alpha value is -4.62. The van der Waals surface area contributed by atoms with Crippen molar-refractivity contribution in [3.05, 3.63) is 57.6 Å². The topological polar surface area (TPSA) is 298 Å². The van der Waals surface area contributed by atoms with E-state index in [2.05, 4.69) is 0 Å². The first-order valence-electron chi connectivity index (χ1n) is 8.59. The second-order valence-corrected chi connectivity index (χ2v) is 8.23. The van der Waals surface area contributed by atoms with E-state index in [1.165, 1.54) is 0 Å². The normalized spacial score (nSPS) is 10.8. The van der Waals surface area contributed by atoms with E-state index in [-0.39, 0.29) is 0 Å². The van der Waals surface area contributed by atoms with E-state index in [1.54, 1.807) is 0 Å². The SMILES string of the molecule is O=C(O)c1cc(C(=O)O)c([P+](=O)O)c(C(=O)O)c1.O=C(O)c1cc(C(=O)O)c([P+](=O)O)cc1C(=O)O. The van der Waals surface area contributed by atoms with Crippen molar-refractivity contribution in [3.63, 3.8) is 0 Å². The highest BCUT2D eigenvalue weighted by molar-refractivity contribution is 7.48. The summed E-state index contributed by atoms with van der Waals surface area (Å²) in [6.45, 7) is 0. The van der Waals surface area contributed by atoms with Crippen molar-refractivity contribution >= 4 is 62.5 Å². The molecule has 2 aromatic rings. The van der Waals surface area contributed by atoms with Gasteiger partial charge in [-0.2, -0.15) is 9.79 Å². The minimum Gasteiger partial charge on any atom is -0.478 e. The van der Waals surface area contributed by atoms with Crippen molar-refractivity contribution in [2.45, 2.75) is 0 Å². The molecule has 0 saturated carbocycles. The molecule has 2 aromatic carbocycles. The molecule has 0 aliphatic carbocycles. The zero-order valence-electron chi connectivity index (χ0n) is 17.0. The van der Waals surface area contributed by atoms with Gasteiger partial charge in [-0.3, -0.25) is 0 Å². The molecular weight excluding hydrogens is 534 g/mol. The quantitative estimate of drug-likeness (QED) is 0.206. The molecule has 2 unspecified atom stereocenters. The van der Waals surface area contributed by atoms with Crippen molar-refractivity contribution in [3.8, 4) is 0 Å². The summed E-state index contributed by atoms with van der Waals surface area (Å²) in [5, 5.41) is 51.2. The number of carboxylic acid groups (broad SMARTS) is 6. The zero-order chi connectivity index (χ0) is 28.1. The van der Waals surface area contributed by atoms with Gasteiger partial charge in [0.05, 0.1) is 16.7 Å². The fraction of sp³-hybridized carbons (Fsp3) is 0. The van der Waals surface area contributed by atoms with Crippen molar-refractivity contribution in [2.75, 3.05) is 0 Å². The van der Waals surface area contributed by atoms with Crippen LogP contribution in [-0.4, -0.2) is 76.2 Å². The van der Waals surface area contributed by atoms with Gasteiger partial charge in [0.1, 0.15) is 16.7 Å². The molecule has 2 rings (SSSR count). The number of benzene rings is 2. The molecule has 0 saturated heterocycles. The highest BCUT2D eigenvalue weighted by Gasteiger charge is 2.35. The van der Waals surface area contributed by atoms with Crippen LogP contribution in [0.2, 0.25) is 0 Å². The van der Waals surface area contributed by atoms with Crippen LogP contribution < -0.4 is 10.6 Å². The van der Waals surface area contributed by atoms with Gasteiger partial charge < -0.3 is 30.6 Å². The van der Waals surface area contributed by atoms with Crippen LogP contribution in [0.4, 0.5) is 0 Å². The summed E-state index contributed by atoms with van der Waals surface area (Å²) in [7, 11) is -6.35. The third kappa shape index (κ3) is 6.71. The second-order valence-electron chi connectivity index (χ2n) is 6.21. The first kappa shape index (κ1) is 29.4. The average molecular weight is 546 g/mol. The van der Waals surface area contributed by atoms with E-state index < -0.39 is 95.9 Å². The van der Waals surface area contributed by atoms with Gasteiger partial charge in [0.25, 0.3) is 5.30 Å². The van der Waals surface area contributed by atoms with E-state index >= 15 is 0 Å². The van der Waals surface area contributed by atoms with Crippen molar-refractivity contribution in [1.82, 2.24) is 0 Å². The number of rotatable bonds is 8. The van der Waals surface area contributed by atoms with Crippen molar-refractivity contribution in [1.29, 1.82) is 0 Å². The van der Waals surface area contributed by atoms with Crippen LogP contribution in [0.15, 0.2) is 24.3 Å². The molecule has 0 amide bonds. The predicted molar refractivity (Wildman–Crippen MR) is 114 cm³/mol. The molecule has 0 fully saturated rings. The summed E-state index contributed by atoms with van der Waals surface area (Å²) < 4.78 is 21.9. The van der Waals surface area contributed by atoms with E-state index in [0.29, 0.717) is 24.3 Å². The van der Waals surface area contributed by atoms with Gasteiger partial charge in [-0.1, -0.05) is 0 Å². The summed E-state index contributed by atoms with van der Waals surface area (Å²) in [6, 6.07) is 2.40. The van der Waals surface area contributed by atoms with E-state index in [0.717, 1.165) is 0 Å². The lowest BCUT2D eigenvalue weighted by Gasteiger charge is -2.02. The van der Waals surface area contributed by atoms with Crippen molar-refractivity contribution < 1.29 is 78.3 Å². The molecule has 0 bridgehead atoms. The molecule has 0 spiro atoms. The van der Waals surface area contributed by atoms with Gasteiger partial charge in [0, 0.05) is 6.07 Å². The maximum absolute atomic E-state index is 11.0. The fourth-order valence-corrected chi connectivity index (χ4v) is 3.90. The predicted octanol–water partition coefficient (Wildman–Crippen LogP) is 0.282. The standard InChI is InChI=1S/2C9H5O8P/c10-7(11)3-1-5(9(14)15)6(18(16)17)2-4(3)8(12)13;10-7(11)3-1-4(8(12)13)6(18(16)17)5(2-3)9(14)15/h2*1-2H,(H3-,10,11,12,13,14,15,16,17)/p+2. The van der Waals surface area contributed by atoms with Crippen LogP contribution in [0.1, 0.15) is 62.1 Å². The Labute approximate surface area is 199 Å². The lowest BCUT2D eigenvalue weighted by molar-refractivity contribution is 0.0649. The molecular formula is C18H12O16P2+2. The maximum Gasteiger partial charge on any atom is 0.547 e. The third-order valence-corrected chi connectivity index (χ3v) is 5.69. The van der Waals surface area contributed by atoms with Crippen LogP contribution in [0.5, 0.6) is 0 Å². The maximum atomic E-state index is 11.0. The molecule has 0 aliphatic heterocycles. The smallest absolute Gasteiger partial charge is 0.478 e. The molecule has 8 N–H and O–H groups in total. The summed E-state index contributed by atoms with van der Waals surface area (Å²) in [4.78, 5) is 82.6. The fourth-order valence-electron chi connectivity index (χ4n) is 2.56. The van der Waals surface area contributed by atoms with Crippen LogP contribution in [0.3, 0.4) is 0 Å². The number of aromatic carboxylic acids is 6. The van der Waals surface area contributed by atoms with Crippen LogP contribution in [-0.2, 0) is 9.13 Å². The second kappa shape index (κ2) is 11.7. The molecule has 188 valence electrons. The van der Waals surface area contributed by atoms with Gasteiger partial charge in [-0.25, -0.2) is 28.8 Å². The highest BCUT2D eigenvalue weighted by Crippen LogP contribution is 2.23. The van der Waals surface area contributed by atoms with Crippen LogP contribution in [0.25, 0.3) is 0 Å². The highest BCUT2D eigenvalue weighted by atomic mass is 31.1. The molecule has 0 radical (unpaired) electrons. The third-order valence-electron chi connectivity index (χ3n) is 4.04. The zero-order valence-corrected chi connectivity index (χ0v) is 18.8. The van der Waals surface area contributed by atoms with Gasteiger partial charge in [-0.15, -0.1) is 0 Å². The minimum atomic E-state index is -3.24. The Morgan fingerprint density at radius 1 is 0.472 bits per heavy atom.